The molecule has 21 heavy (non-hydrogen) atoms. The van der Waals surface area contributed by atoms with Gasteiger partial charge in [-0.3, -0.25) is 4.79 Å². The summed E-state index contributed by atoms with van der Waals surface area (Å²) < 4.78 is 5.37. The van der Waals surface area contributed by atoms with Gasteiger partial charge in [0.15, 0.2) is 0 Å². The molecule has 1 aliphatic carbocycles. The number of fused-ring (bicyclic) bond motifs is 1. The average Bonchev–Trinajstić information content (AvgIpc) is 2.89. The van der Waals surface area contributed by atoms with Gasteiger partial charge in [0.1, 0.15) is 5.75 Å². The van der Waals surface area contributed by atoms with Crippen LogP contribution in [0.5, 0.6) is 5.75 Å². The molecule has 110 valence electrons. The maximum atomic E-state index is 11.1. The lowest BCUT2D eigenvalue weighted by Gasteiger charge is -2.16. The zero-order chi connectivity index (χ0) is 14.8. The Morgan fingerprint density at radius 3 is 3.05 bits per heavy atom. The van der Waals surface area contributed by atoms with Crippen molar-refractivity contribution in [1.29, 1.82) is 0 Å². The quantitative estimate of drug-likeness (QED) is 0.943. The number of carbonyl (C=O) groups is 1. The molecule has 1 atom stereocenters. The predicted molar refractivity (Wildman–Crippen MR) is 81.1 cm³/mol. The molecule has 1 N–H and O–H groups in total. The van der Waals surface area contributed by atoms with Crippen LogP contribution in [0.2, 0.25) is 0 Å². The number of carboxylic acids is 1. The third kappa shape index (κ3) is 2.93. The standard InChI is InChI=1S/C16H17NO3S/c1-20-13-5-3-2-4-10(13)9-15-17-12-7-6-11(16(18)19)8-14(12)21-15/h2-5,11H,6-9H2,1H3,(H,18,19). The van der Waals surface area contributed by atoms with Crippen LogP contribution in [0, 0.1) is 5.92 Å². The minimum Gasteiger partial charge on any atom is -0.496 e. The van der Waals surface area contributed by atoms with Gasteiger partial charge in [-0.05, 0) is 25.3 Å². The number of aliphatic carboxylic acids is 1. The van der Waals surface area contributed by atoms with Crippen LogP contribution in [0.3, 0.4) is 0 Å². The van der Waals surface area contributed by atoms with E-state index < -0.39 is 5.97 Å². The molecule has 1 aliphatic rings. The molecule has 0 saturated carbocycles. The highest BCUT2D eigenvalue weighted by molar-refractivity contribution is 7.11. The fraction of sp³-hybridized carbons (Fsp3) is 0.375. The minimum atomic E-state index is -0.694. The Morgan fingerprint density at radius 1 is 1.48 bits per heavy atom. The zero-order valence-electron chi connectivity index (χ0n) is 11.8. The van der Waals surface area contributed by atoms with Crippen molar-refractivity contribution in [3.63, 3.8) is 0 Å². The lowest BCUT2D eigenvalue weighted by atomic mass is 9.91. The van der Waals surface area contributed by atoms with Crippen molar-refractivity contribution in [1.82, 2.24) is 4.98 Å². The Labute approximate surface area is 127 Å². The van der Waals surface area contributed by atoms with Crippen LogP contribution in [-0.4, -0.2) is 23.2 Å². The molecule has 0 radical (unpaired) electrons. The first kappa shape index (κ1) is 14.1. The predicted octanol–water partition coefficient (Wildman–Crippen LogP) is 2.93. The van der Waals surface area contributed by atoms with Crippen molar-refractivity contribution >= 4 is 17.3 Å². The average molecular weight is 303 g/mol. The first-order valence-electron chi connectivity index (χ1n) is 6.99. The van der Waals surface area contributed by atoms with Gasteiger partial charge in [0.2, 0.25) is 0 Å². The summed E-state index contributed by atoms with van der Waals surface area (Å²) >= 11 is 1.64. The maximum Gasteiger partial charge on any atom is 0.306 e. The van der Waals surface area contributed by atoms with E-state index in [0.717, 1.165) is 39.7 Å². The van der Waals surface area contributed by atoms with Crippen LogP contribution in [0.1, 0.15) is 27.6 Å². The molecule has 1 aromatic carbocycles. The van der Waals surface area contributed by atoms with Crippen LogP contribution in [0.4, 0.5) is 0 Å². The largest absolute Gasteiger partial charge is 0.496 e. The SMILES string of the molecule is COc1ccccc1Cc1nc2c(s1)CC(C(=O)O)CC2. The van der Waals surface area contributed by atoms with Gasteiger partial charge in [-0.15, -0.1) is 11.3 Å². The van der Waals surface area contributed by atoms with E-state index in [1.165, 1.54) is 0 Å². The van der Waals surface area contributed by atoms with Crippen LogP contribution < -0.4 is 4.74 Å². The maximum absolute atomic E-state index is 11.1. The monoisotopic (exact) mass is 303 g/mol. The van der Waals surface area contributed by atoms with Crippen molar-refractivity contribution < 1.29 is 14.6 Å². The van der Waals surface area contributed by atoms with Crippen LogP contribution in [0.25, 0.3) is 0 Å². The number of aryl methyl sites for hydroxylation is 1. The molecule has 1 unspecified atom stereocenters. The molecule has 4 nitrogen and oxygen atoms in total. The lowest BCUT2D eigenvalue weighted by molar-refractivity contribution is -0.142. The zero-order valence-corrected chi connectivity index (χ0v) is 12.7. The molecule has 1 aromatic heterocycles. The summed E-state index contributed by atoms with van der Waals surface area (Å²) in [5.41, 5.74) is 2.20. The summed E-state index contributed by atoms with van der Waals surface area (Å²) in [5.74, 6) is -0.0773. The van der Waals surface area contributed by atoms with E-state index in [1.807, 2.05) is 24.3 Å². The number of para-hydroxylation sites is 1. The van der Waals surface area contributed by atoms with Crippen molar-refractivity contribution in [2.24, 2.45) is 5.92 Å². The highest BCUT2D eigenvalue weighted by Crippen LogP contribution is 2.32. The number of hydrogen-bond acceptors (Lipinski definition) is 4. The number of rotatable bonds is 4. The molecule has 5 heteroatoms. The Kier molecular flexibility index (Phi) is 3.92. The molecule has 0 amide bonds. The Morgan fingerprint density at radius 2 is 2.29 bits per heavy atom. The number of nitrogens with zero attached hydrogens (tertiary/aromatic N) is 1. The smallest absolute Gasteiger partial charge is 0.306 e. The highest BCUT2D eigenvalue weighted by Gasteiger charge is 2.27. The summed E-state index contributed by atoms with van der Waals surface area (Å²) in [6.07, 6.45) is 2.82. The van der Waals surface area contributed by atoms with Crippen LogP contribution in [-0.2, 0) is 24.1 Å². The van der Waals surface area contributed by atoms with Crippen molar-refractivity contribution in [3.05, 3.63) is 45.4 Å². The van der Waals surface area contributed by atoms with Gasteiger partial charge < -0.3 is 9.84 Å². The summed E-state index contributed by atoms with van der Waals surface area (Å²) in [6, 6.07) is 7.93. The normalized spacial score (nSPS) is 17.3. The van der Waals surface area contributed by atoms with Crippen LogP contribution in [0.15, 0.2) is 24.3 Å². The van der Waals surface area contributed by atoms with E-state index in [1.54, 1.807) is 18.4 Å². The molecule has 0 bridgehead atoms. The summed E-state index contributed by atoms with van der Waals surface area (Å²) in [4.78, 5) is 16.9. The number of ether oxygens (including phenoxy) is 1. The number of aromatic nitrogens is 1. The number of hydrogen-bond donors (Lipinski definition) is 1. The molecule has 0 spiro atoms. The lowest BCUT2D eigenvalue weighted by Crippen LogP contribution is -2.21. The van der Waals surface area contributed by atoms with Gasteiger partial charge in [0.25, 0.3) is 0 Å². The second-order valence-corrected chi connectivity index (χ2v) is 6.41. The third-order valence-corrected chi connectivity index (χ3v) is 4.99. The van der Waals surface area contributed by atoms with Gasteiger partial charge in [0.05, 0.1) is 23.7 Å². The summed E-state index contributed by atoms with van der Waals surface area (Å²) in [5, 5.41) is 10.2. The fourth-order valence-electron chi connectivity index (χ4n) is 2.73. The molecular formula is C16H17NO3S. The minimum absolute atomic E-state index is 0.253. The molecule has 1 heterocycles. The van der Waals surface area contributed by atoms with E-state index in [4.69, 9.17) is 9.84 Å². The van der Waals surface area contributed by atoms with Crippen LogP contribution >= 0.6 is 11.3 Å². The van der Waals surface area contributed by atoms with E-state index >= 15 is 0 Å². The Balaban J connectivity index is 1.81. The Bertz CT molecular complexity index is 665. The van der Waals surface area contributed by atoms with E-state index in [9.17, 15) is 4.79 Å². The first-order chi connectivity index (χ1) is 10.2. The van der Waals surface area contributed by atoms with Gasteiger partial charge >= 0.3 is 5.97 Å². The number of methoxy groups -OCH3 is 1. The van der Waals surface area contributed by atoms with Gasteiger partial charge in [-0.1, -0.05) is 18.2 Å². The van der Waals surface area contributed by atoms with Crippen molar-refractivity contribution in [3.8, 4) is 5.75 Å². The van der Waals surface area contributed by atoms with Crippen molar-refractivity contribution in [2.45, 2.75) is 25.7 Å². The Hall–Kier alpha value is -1.88. The second-order valence-electron chi connectivity index (χ2n) is 5.24. The highest BCUT2D eigenvalue weighted by atomic mass is 32.1. The molecule has 2 aromatic rings. The van der Waals surface area contributed by atoms with E-state index in [0.29, 0.717) is 12.8 Å². The fourth-order valence-corrected chi connectivity index (χ4v) is 3.94. The van der Waals surface area contributed by atoms with Crippen molar-refractivity contribution in [2.75, 3.05) is 7.11 Å². The molecule has 3 rings (SSSR count). The van der Waals surface area contributed by atoms with Gasteiger partial charge in [0, 0.05) is 16.9 Å². The third-order valence-electron chi connectivity index (χ3n) is 3.87. The number of thiazole rings is 1. The van der Waals surface area contributed by atoms with E-state index in [2.05, 4.69) is 4.98 Å². The molecule has 0 fully saturated rings. The van der Waals surface area contributed by atoms with Gasteiger partial charge in [-0.25, -0.2) is 4.98 Å². The topological polar surface area (TPSA) is 59.4 Å². The first-order valence-corrected chi connectivity index (χ1v) is 7.81. The second kappa shape index (κ2) is 5.85. The summed E-state index contributed by atoms with van der Waals surface area (Å²) in [7, 11) is 1.67. The van der Waals surface area contributed by atoms with E-state index in [-0.39, 0.29) is 5.92 Å². The molecule has 0 saturated heterocycles. The summed E-state index contributed by atoms with van der Waals surface area (Å²) in [6.45, 7) is 0. The number of benzene rings is 1. The van der Waals surface area contributed by atoms with Gasteiger partial charge in [-0.2, -0.15) is 0 Å². The molecular weight excluding hydrogens is 286 g/mol. The molecule has 0 aliphatic heterocycles. The number of carboxylic acid groups (broad SMARTS) is 1.